The number of carbonyl (C=O) groups excluding carboxylic acids is 1. The van der Waals surface area contributed by atoms with E-state index in [0.717, 1.165) is 5.56 Å². The van der Waals surface area contributed by atoms with Crippen molar-refractivity contribution in [2.24, 2.45) is 11.8 Å². The maximum Gasteiger partial charge on any atom is 0.389 e. The lowest BCUT2D eigenvalue weighted by Crippen LogP contribution is -2.51. The van der Waals surface area contributed by atoms with E-state index in [-0.39, 0.29) is 36.6 Å². The number of hydrogen-bond acceptors (Lipinski definition) is 4. The molecule has 2 aliphatic rings. The van der Waals surface area contributed by atoms with E-state index >= 15 is 0 Å². The Morgan fingerprint density at radius 1 is 1.28 bits per heavy atom. The normalized spacial score (nSPS) is 19.9. The highest BCUT2D eigenvalue weighted by molar-refractivity contribution is 5.74. The Bertz CT molecular complexity index is 785. The van der Waals surface area contributed by atoms with Gasteiger partial charge < -0.3 is 9.47 Å². The molecule has 1 fully saturated rings. The number of alkyl halides is 3. The lowest BCUT2D eigenvalue weighted by molar-refractivity contribution is -0.151. The fraction of sp³-hybridized carbons (Fsp3) is 0.571. The third-order valence-electron chi connectivity index (χ3n) is 5.49. The number of methoxy groups -OCH3 is 1. The molecule has 160 valence electrons. The molecule has 1 atom stereocenters. The van der Waals surface area contributed by atoms with E-state index in [1.807, 2.05) is 13.0 Å². The van der Waals surface area contributed by atoms with Gasteiger partial charge in [-0.3, -0.25) is 9.69 Å². The lowest BCUT2D eigenvalue weighted by atomic mass is 9.83. The molecule has 0 unspecified atom stereocenters. The summed E-state index contributed by atoms with van der Waals surface area (Å²) in [5.74, 6) is -0.650. The van der Waals surface area contributed by atoms with E-state index in [1.54, 1.807) is 6.07 Å². The number of ether oxygens (including phenoxy) is 2. The SMILES string of the molecule is COC(=O)C1CN(CC2=Cc3ccc(OCCCC(F)(F)F)c(F)c3C[C@H]2C)C1. The number of nitrogens with zero attached hydrogens (tertiary/aromatic N) is 1. The van der Waals surface area contributed by atoms with Crippen LogP contribution in [0.3, 0.4) is 0 Å². The molecule has 1 heterocycles. The summed E-state index contributed by atoms with van der Waals surface area (Å²) in [6, 6.07) is 3.22. The highest BCUT2D eigenvalue weighted by Crippen LogP contribution is 2.35. The van der Waals surface area contributed by atoms with Gasteiger partial charge in [-0.15, -0.1) is 0 Å². The van der Waals surface area contributed by atoms with Gasteiger partial charge in [0.15, 0.2) is 11.6 Å². The van der Waals surface area contributed by atoms with Gasteiger partial charge >= 0.3 is 12.1 Å². The standard InChI is InChI=1S/C21H25F4NO3/c1-13-8-17-14(9-15(13)10-26-11-16(12-26)20(27)28-2)4-5-18(19(17)22)29-7-3-6-21(23,24)25/h4-5,9,13,16H,3,6-8,10-12H2,1-2H3/t13-/m1/s1. The fourth-order valence-electron chi connectivity index (χ4n) is 3.78. The molecule has 0 spiro atoms. The van der Waals surface area contributed by atoms with Gasteiger partial charge in [0.1, 0.15) is 0 Å². The van der Waals surface area contributed by atoms with E-state index in [9.17, 15) is 22.4 Å². The second-order valence-electron chi connectivity index (χ2n) is 7.75. The molecule has 1 aromatic rings. The third kappa shape index (κ3) is 5.29. The van der Waals surface area contributed by atoms with Crippen LogP contribution >= 0.6 is 0 Å². The third-order valence-corrected chi connectivity index (χ3v) is 5.49. The van der Waals surface area contributed by atoms with Crippen molar-refractivity contribution in [1.82, 2.24) is 4.90 Å². The van der Waals surface area contributed by atoms with Gasteiger partial charge in [-0.2, -0.15) is 13.2 Å². The van der Waals surface area contributed by atoms with Gasteiger partial charge in [0.05, 0.1) is 19.6 Å². The number of benzene rings is 1. The molecule has 1 saturated heterocycles. The van der Waals surface area contributed by atoms with E-state index in [2.05, 4.69) is 4.90 Å². The zero-order valence-corrected chi connectivity index (χ0v) is 16.5. The van der Waals surface area contributed by atoms with Gasteiger partial charge in [0.25, 0.3) is 0 Å². The van der Waals surface area contributed by atoms with Crippen LogP contribution in [0, 0.1) is 17.7 Å². The Kier molecular flexibility index (Phi) is 6.51. The molecule has 1 aromatic carbocycles. The molecule has 0 radical (unpaired) electrons. The second kappa shape index (κ2) is 8.73. The summed E-state index contributed by atoms with van der Waals surface area (Å²) in [5, 5.41) is 0. The van der Waals surface area contributed by atoms with Gasteiger partial charge in [-0.05, 0) is 36.0 Å². The van der Waals surface area contributed by atoms with Crippen molar-refractivity contribution in [2.45, 2.75) is 32.4 Å². The van der Waals surface area contributed by atoms with Crippen LogP contribution in [0.5, 0.6) is 5.75 Å². The minimum Gasteiger partial charge on any atom is -0.491 e. The zero-order chi connectivity index (χ0) is 21.2. The molecule has 1 aliphatic heterocycles. The molecule has 1 aliphatic carbocycles. The molecule has 0 amide bonds. The van der Waals surface area contributed by atoms with Gasteiger partial charge in [-0.1, -0.05) is 24.6 Å². The smallest absolute Gasteiger partial charge is 0.389 e. The van der Waals surface area contributed by atoms with Gasteiger partial charge in [0, 0.05) is 26.1 Å². The second-order valence-corrected chi connectivity index (χ2v) is 7.75. The Morgan fingerprint density at radius 3 is 2.66 bits per heavy atom. The van der Waals surface area contributed by atoms with Crippen molar-refractivity contribution >= 4 is 12.0 Å². The van der Waals surface area contributed by atoms with E-state index in [0.29, 0.717) is 31.6 Å². The summed E-state index contributed by atoms with van der Waals surface area (Å²) in [6.07, 6.45) is -2.92. The molecule has 0 saturated carbocycles. The number of carbonyl (C=O) groups is 1. The van der Waals surface area contributed by atoms with Crippen molar-refractivity contribution in [3.8, 4) is 5.75 Å². The number of halogens is 4. The number of hydrogen-bond donors (Lipinski definition) is 0. The molecule has 29 heavy (non-hydrogen) atoms. The minimum absolute atomic E-state index is 0.00126. The monoisotopic (exact) mass is 415 g/mol. The molecule has 0 N–H and O–H groups in total. The Labute approximate surface area is 167 Å². The van der Waals surface area contributed by atoms with Crippen LogP contribution in [0.1, 0.15) is 30.9 Å². The molecule has 3 rings (SSSR count). The van der Waals surface area contributed by atoms with Crippen LogP contribution in [0.2, 0.25) is 0 Å². The van der Waals surface area contributed by atoms with Crippen molar-refractivity contribution in [3.63, 3.8) is 0 Å². The predicted octanol–water partition coefficient (Wildman–Crippen LogP) is 4.23. The van der Waals surface area contributed by atoms with E-state index < -0.39 is 18.4 Å². The van der Waals surface area contributed by atoms with Gasteiger partial charge in [0.2, 0.25) is 0 Å². The molecular formula is C21H25F4NO3. The quantitative estimate of drug-likeness (QED) is 0.380. The van der Waals surface area contributed by atoms with Crippen LogP contribution < -0.4 is 4.74 Å². The first-order chi connectivity index (χ1) is 13.7. The average molecular weight is 415 g/mol. The van der Waals surface area contributed by atoms with Crippen molar-refractivity contribution in [3.05, 3.63) is 34.6 Å². The first kappa shape index (κ1) is 21.6. The van der Waals surface area contributed by atoms with Crippen LogP contribution in [-0.4, -0.2) is 50.4 Å². The topological polar surface area (TPSA) is 38.8 Å². The summed E-state index contributed by atoms with van der Waals surface area (Å²) >= 11 is 0. The summed E-state index contributed by atoms with van der Waals surface area (Å²) in [4.78, 5) is 13.7. The molecule has 8 heteroatoms. The molecular weight excluding hydrogens is 390 g/mol. The largest absolute Gasteiger partial charge is 0.491 e. The fourth-order valence-corrected chi connectivity index (χ4v) is 3.78. The number of likely N-dealkylation sites (tertiary alicyclic amines) is 1. The predicted molar refractivity (Wildman–Crippen MR) is 100.0 cm³/mol. The molecule has 0 bridgehead atoms. The summed E-state index contributed by atoms with van der Waals surface area (Å²) in [6.45, 7) is 3.86. The maximum absolute atomic E-state index is 14.8. The Morgan fingerprint density at radius 2 is 2.00 bits per heavy atom. The van der Waals surface area contributed by atoms with Gasteiger partial charge in [-0.25, -0.2) is 4.39 Å². The number of fused-ring (bicyclic) bond motifs is 1. The highest BCUT2D eigenvalue weighted by Gasteiger charge is 2.35. The Balaban J connectivity index is 1.61. The summed E-state index contributed by atoms with van der Waals surface area (Å²) < 4.78 is 61.4. The zero-order valence-electron chi connectivity index (χ0n) is 16.5. The highest BCUT2D eigenvalue weighted by atomic mass is 19.4. The summed E-state index contributed by atoms with van der Waals surface area (Å²) in [7, 11) is 1.39. The van der Waals surface area contributed by atoms with Crippen LogP contribution in [0.25, 0.3) is 6.08 Å². The van der Waals surface area contributed by atoms with Crippen molar-refractivity contribution in [1.29, 1.82) is 0 Å². The molecule has 0 aromatic heterocycles. The maximum atomic E-state index is 14.8. The van der Waals surface area contributed by atoms with Crippen molar-refractivity contribution in [2.75, 3.05) is 33.4 Å². The molecule has 4 nitrogen and oxygen atoms in total. The first-order valence-corrected chi connectivity index (χ1v) is 9.69. The van der Waals surface area contributed by atoms with Crippen LogP contribution in [0.15, 0.2) is 17.7 Å². The lowest BCUT2D eigenvalue weighted by Gasteiger charge is -2.39. The van der Waals surface area contributed by atoms with Crippen LogP contribution in [-0.2, 0) is 16.0 Å². The first-order valence-electron chi connectivity index (χ1n) is 9.69. The van der Waals surface area contributed by atoms with Crippen molar-refractivity contribution < 1.29 is 31.8 Å². The minimum atomic E-state index is -4.23. The van der Waals surface area contributed by atoms with Crippen LogP contribution in [0.4, 0.5) is 17.6 Å². The summed E-state index contributed by atoms with van der Waals surface area (Å²) in [5.41, 5.74) is 2.47. The van der Waals surface area contributed by atoms with E-state index in [4.69, 9.17) is 9.47 Å². The average Bonchev–Trinajstić information content (AvgIpc) is 2.62. The number of esters is 1. The van der Waals surface area contributed by atoms with E-state index in [1.165, 1.54) is 18.7 Å². The number of rotatable bonds is 7. The Hall–Kier alpha value is -2.09.